The van der Waals surface area contributed by atoms with E-state index in [1.165, 1.54) is 25.3 Å². The number of nitriles is 1. The lowest BCUT2D eigenvalue weighted by atomic mass is 9.91. The number of ether oxygens (including phenoxy) is 3. The Balaban J connectivity index is 1.45. The zero-order valence-electron chi connectivity index (χ0n) is 21.8. The van der Waals surface area contributed by atoms with E-state index in [2.05, 4.69) is 10.3 Å². The van der Waals surface area contributed by atoms with E-state index in [1.807, 2.05) is 6.07 Å². The summed E-state index contributed by atoms with van der Waals surface area (Å²) in [7, 11) is 1.43. The molecule has 0 radical (unpaired) electrons. The highest BCUT2D eigenvalue weighted by Crippen LogP contribution is 2.45. The Morgan fingerprint density at radius 3 is 2.58 bits per heavy atom. The van der Waals surface area contributed by atoms with E-state index in [1.54, 1.807) is 37.3 Å². The average Bonchev–Trinajstić information content (AvgIpc) is 3.69. The first kappa shape index (κ1) is 27.3. The molecule has 0 bridgehead atoms. The molecule has 5 rings (SSSR count). The topological polar surface area (TPSA) is 119 Å². The number of hydrogen-bond acceptors (Lipinski definition) is 7. The fourth-order valence-electron chi connectivity index (χ4n) is 4.46. The van der Waals surface area contributed by atoms with Crippen molar-refractivity contribution in [3.8, 4) is 34.6 Å². The zero-order chi connectivity index (χ0) is 28.7. The summed E-state index contributed by atoms with van der Waals surface area (Å²) in [5.74, 6) is -1.74. The lowest BCUT2D eigenvalue weighted by Crippen LogP contribution is -2.37. The number of fused-ring (bicyclic) bond motifs is 1. The molecule has 8 nitrogen and oxygen atoms in total. The highest BCUT2D eigenvalue weighted by atomic mass is 19.4. The molecule has 40 heavy (non-hydrogen) atoms. The molecule has 3 N–H and O–H groups in total. The fraction of sp³-hybridized carbons (Fsp3) is 0.345. The summed E-state index contributed by atoms with van der Waals surface area (Å²) in [6.07, 6.45) is -2.76. The van der Waals surface area contributed by atoms with Gasteiger partial charge in [0.25, 0.3) is 5.91 Å². The summed E-state index contributed by atoms with van der Waals surface area (Å²) in [6, 6.07) is 14.1. The number of alkyl halides is 3. The number of pyridine rings is 1. The molecule has 1 aliphatic carbocycles. The molecule has 1 saturated carbocycles. The number of hydrogen-bond donors (Lipinski definition) is 2. The zero-order valence-corrected chi connectivity index (χ0v) is 21.8. The van der Waals surface area contributed by atoms with Crippen molar-refractivity contribution in [1.29, 1.82) is 5.26 Å². The van der Waals surface area contributed by atoms with Gasteiger partial charge in [0.1, 0.15) is 18.2 Å². The third-order valence-electron chi connectivity index (χ3n) is 6.87. The number of methoxy groups -OCH3 is 1. The number of benzene rings is 2. The number of amides is 1. The fourth-order valence-corrected chi connectivity index (χ4v) is 4.46. The molecule has 2 unspecified atom stereocenters. The van der Waals surface area contributed by atoms with Crippen molar-refractivity contribution in [2.45, 2.75) is 43.5 Å². The summed E-state index contributed by atoms with van der Waals surface area (Å²) in [6.45, 7) is 0.970. The van der Waals surface area contributed by atoms with Crippen molar-refractivity contribution in [3.05, 3.63) is 70.9 Å². The van der Waals surface area contributed by atoms with Crippen LogP contribution in [0.15, 0.2) is 48.5 Å². The van der Waals surface area contributed by atoms with E-state index >= 15 is 0 Å². The van der Waals surface area contributed by atoms with E-state index in [4.69, 9.17) is 25.2 Å². The molecular weight excluding hydrogens is 525 g/mol. The van der Waals surface area contributed by atoms with E-state index < -0.39 is 30.1 Å². The Morgan fingerprint density at radius 2 is 1.95 bits per heavy atom. The van der Waals surface area contributed by atoms with Crippen molar-refractivity contribution < 1.29 is 32.2 Å². The monoisotopic (exact) mass is 552 g/mol. The molecule has 208 valence electrons. The Kier molecular flexibility index (Phi) is 7.06. The molecule has 2 aliphatic rings. The minimum atomic E-state index is -4.74. The number of halogens is 3. The summed E-state index contributed by atoms with van der Waals surface area (Å²) in [5, 5.41) is 11.5. The third-order valence-corrected chi connectivity index (χ3v) is 6.87. The molecule has 2 atom stereocenters. The highest BCUT2D eigenvalue weighted by molar-refractivity contribution is 5.95. The van der Waals surface area contributed by atoms with Crippen LogP contribution in [-0.4, -0.2) is 43.4 Å². The van der Waals surface area contributed by atoms with Gasteiger partial charge in [0.05, 0.1) is 36.1 Å². The minimum Gasteiger partial charge on any atom is -0.493 e. The predicted molar refractivity (Wildman–Crippen MR) is 139 cm³/mol. The van der Waals surface area contributed by atoms with Crippen molar-refractivity contribution in [2.24, 2.45) is 5.73 Å². The van der Waals surface area contributed by atoms with Crippen LogP contribution in [-0.2, 0) is 5.54 Å². The minimum absolute atomic E-state index is 0.0620. The number of rotatable bonds is 8. The van der Waals surface area contributed by atoms with Gasteiger partial charge in [-0.2, -0.15) is 18.4 Å². The molecule has 1 amide bonds. The van der Waals surface area contributed by atoms with Crippen LogP contribution in [0.3, 0.4) is 0 Å². The molecule has 1 aromatic heterocycles. The second-order valence-electron chi connectivity index (χ2n) is 10.2. The Bertz CT molecular complexity index is 1480. The predicted octanol–water partition coefficient (Wildman–Crippen LogP) is 4.81. The molecular formula is C29H27F3N4O4. The smallest absolute Gasteiger partial charge is 0.398 e. The standard InChI is InChI=1S/C29H27F3N4O4/c1-28(34)15-39-26-20(28)12-22(36-25(26)17-5-3-16(13-33)4-6-17)21(29(30,31)32)14-35-27(37)18-7-10-23(24(11-18)38-2)40-19-8-9-19/h3-7,10-12,19,21H,8-9,14-15,34H2,1-2H3,(H,35,37). The number of carbonyl (C=O) groups is 1. The molecule has 0 spiro atoms. The number of nitrogens with one attached hydrogen (secondary N) is 1. The van der Waals surface area contributed by atoms with Gasteiger partial charge in [0.2, 0.25) is 0 Å². The van der Waals surface area contributed by atoms with Crippen LogP contribution in [0.1, 0.15) is 52.9 Å². The Morgan fingerprint density at radius 1 is 1.23 bits per heavy atom. The average molecular weight is 553 g/mol. The first-order valence-corrected chi connectivity index (χ1v) is 12.7. The molecule has 0 saturated heterocycles. The number of aromatic nitrogens is 1. The van der Waals surface area contributed by atoms with Gasteiger partial charge >= 0.3 is 6.18 Å². The summed E-state index contributed by atoms with van der Waals surface area (Å²) in [4.78, 5) is 17.3. The first-order valence-electron chi connectivity index (χ1n) is 12.7. The van der Waals surface area contributed by atoms with Crippen molar-refractivity contribution in [1.82, 2.24) is 10.3 Å². The van der Waals surface area contributed by atoms with E-state index in [0.29, 0.717) is 33.9 Å². The van der Waals surface area contributed by atoms with Gasteiger partial charge in [-0.3, -0.25) is 4.79 Å². The second-order valence-corrected chi connectivity index (χ2v) is 10.2. The summed E-state index contributed by atoms with van der Waals surface area (Å²) >= 11 is 0. The third kappa shape index (κ3) is 5.53. The van der Waals surface area contributed by atoms with E-state index in [-0.39, 0.29) is 29.7 Å². The summed E-state index contributed by atoms with van der Waals surface area (Å²) in [5.41, 5.74) is 6.57. The Labute approximate surface area is 228 Å². The highest BCUT2D eigenvalue weighted by Gasteiger charge is 2.44. The molecule has 3 aromatic rings. The van der Waals surface area contributed by atoms with E-state index in [0.717, 1.165) is 12.8 Å². The normalized spacial score (nSPS) is 18.7. The van der Waals surface area contributed by atoms with Crippen molar-refractivity contribution in [2.75, 3.05) is 20.3 Å². The molecule has 2 heterocycles. The van der Waals surface area contributed by atoms with Crippen molar-refractivity contribution >= 4 is 5.91 Å². The van der Waals surface area contributed by atoms with Crippen LogP contribution in [0.5, 0.6) is 17.2 Å². The van der Waals surface area contributed by atoms with Crippen LogP contribution in [0.25, 0.3) is 11.3 Å². The van der Waals surface area contributed by atoms with E-state index in [9.17, 15) is 18.0 Å². The van der Waals surface area contributed by atoms with Crippen LogP contribution in [0.2, 0.25) is 0 Å². The van der Waals surface area contributed by atoms with Crippen LogP contribution < -0.4 is 25.3 Å². The van der Waals surface area contributed by atoms with Gasteiger partial charge in [-0.1, -0.05) is 12.1 Å². The van der Waals surface area contributed by atoms with Crippen LogP contribution in [0, 0.1) is 11.3 Å². The quantitative estimate of drug-likeness (QED) is 0.412. The molecule has 1 aliphatic heterocycles. The molecule has 1 fully saturated rings. The molecule has 2 aromatic carbocycles. The lowest BCUT2D eigenvalue weighted by molar-refractivity contribution is -0.149. The van der Waals surface area contributed by atoms with Gasteiger partial charge in [-0.05, 0) is 56.2 Å². The Hall–Kier alpha value is -4.30. The number of nitrogens with two attached hydrogens (primary N) is 1. The van der Waals surface area contributed by atoms with Crippen molar-refractivity contribution in [3.63, 3.8) is 0 Å². The summed E-state index contributed by atoms with van der Waals surface area (Å²) < 4.78 is 60.0. The molecule has 11 heteroatoms. The first-order chi connectivity index (χ1) is 19.0. The largest absolute Gasteiger partial charge is 0.493 e. The van der Waals surface area contributed by atoms with Gasteiger partial charge in [-0.15, -0.1) is 0 Å². The van der Waals surface area contributed by atoms with Crippen LogP contribution in [0.4, 0.5) is 13.2 Å². The maximum Gasteiger partial charge on any atom is 0.398 e. The second kappa shape index (κ2) is 10.4. The lowest BCUT2D eigenvalue weighted by Gasteiger charge is -2.23. The number of carbonyl (C=O) groups excluding carboxylic acids is 1. The maximum atomic E-state index is 14.4. The SMILES string of the molecule is COc1cc(C(=O)NCC(c2cc3c(c(-c4ccc(C#N)cc4)n2)OCC3(C)N)C(F)(F)F)ccc1OC1CC1. The van der Waals surface area contributed by atoms with Gasteiger partial charge < -0.3 is 25.3 Å². The van der Waals surface area contributed by atoms with Gasteiger partial charge in [0, 0.05) is 23.2 Å². The van der Waals surface area contributed by atoms with Gasteiger partial charge in [-0.25, -0.2) is 4.98 Å². The number of nitrogens with zero attached hydrogens (tertiary/aromatic N) is 2. The van der Waals surface area contributed by atoms with Gasteiger partial charge in [0.15, 0.2) is 17.2 Å². The maximum absolute atomic E-state index is 14.4. The van der Waals surface area contributed by atoms with Crippen LogP contribution >= 0.6 is 0 Å².